The van der Waals surface area contributed by atoms with Crippen LogP contribution < -0.4 is 9.47 Å². The summed E-state index contributed by atoms with van der Waals surface area (Å²) < 4.78 is 12.5. The highest BCUT2D eigenvalue weighted by molar-refractivity contribution is 5.43. The molecule has 0 amide bonds. The summed E-state index contributed by atoms with van der Waals surface area (Å²) in [6.45, 7) is 8.30. The van der Waals surface area contributed by atoms with E-state index in [2.05, 4.69) is 67.3 Å². The molecular weight excluding hydrogens is 334 g/mol. The molecule has 144 valence electrons. The van der Waals surface area contributed by atoms with Crippen molar-refractivity contribution in [3.63, 3.8) is 0 Å². The zero-order chi connectivity index (χ0) is 18.6. The first kappa shape index (κ1) is 18.4. The van der Waals surface area contributed by atoms with Crippen LogP contribution in [-0.2, 0) is 6.54 Å². The fourth-order valence-electron chi connectivity index (χ4n) is 4.62. The number of benzene rings is 2. The minimum Gasteiger partial charge on any atom is -0.490 e. The van der Waals surface area contributed by atoms with Crippen LogP contribution in [0.4, 0.5) is 0 Å². The molecule has 0 aromatic heterocycles. The van der Waals surface area contributed by atoms with Crippen molar-refractivity contribution < 1.29 is 9.47 Å². The zero-order valence-electron chi connectivity index (χ0n) is 16.6. The van der Waals surface area contributed by atoms with Gasteiger partial charge in [0.2, 0.25) is 0 Å². The van der Waals surface area contributed by atoms with Crippen LogP contribution in [0.1, 0.15) is 37.3 Å². The van der Waals surface area contributed by atoms with E-state index < -0.39 is 0 Å². The van der Waals surface area contributed by atoms with Crippen LogP contribution in [0.3, 0.4) is 0 Å². The Morgan fingerprint density at radius 3 is 2.41 bits per heavy atom. The van der Waals surface area contributed by atoms with E-state index in [0.29, 0.717) is 17.9 Å². The van der Waals surface area contributed by atoms with Crippen molar-refractivity contribution in [3.05, 3.63) is 59.7 Å². The van der Waals surface area contributed by atoms with Crippen molar-refractivity contribution in [1.29, 1.82) is 0 Å². The molecule has 0 spiro atoms. The van der Waals surface area contributed by atoms with Gasteiger partial charge in [-0.25, -0.2) is 0 Å². The highest BCUT2D eigenvalue weighted by atomic mass is 16.5. The average molecular weight is 366 g/mol. The van der Waals surface area contributed by atoms with E-state index >= 15 is 0 Å². The number of likely N-dealkylation sites (tertiary alicyclic amines) is 1. The molecule has 1 aliphatic heterocycles. The third-order valence-electron chi connectivity index (χ3n) is 5.90. The van der Waals surface area contributed by atoms with Crippen molar-refractivity contribution in [1.82, 2.24) is 4.90 Å². The van der Waals surface area contributed by atoms with Gasteiger partial charge >= 0.3 is 0 Å². The largest absolute Gasteiger partial charge is 0.490 e. The first-order valence-electron chi connectivity index (χ1n) is 10.4. The van der Waals surface area contributed by atoms with E-state index in [4.69, 9.17) is 9.47 Å². The van der Waals surface area contributed by atoms with Gasteiger partial charge in [-0.2, -0.15) is 0 Å². The maximum atomic E-state index is 6.57. The number of aryl methyl sites for hydroxylation is 1. The Bertz CT molecular complexity index is 731. The number of hydrogen-bond acceptors (Lipinski definition) is 3. The lowest BCUT2D eigenvalue weighted by Gasteiger charge is -2.38. The normalized spacial score (nSPS) is 24.7. The monoisotopic (exact) mass is 365 g/mol. The summed E-state index contributed by atoms with van der Waals surface area (Å²) in [5.74, 6) is 3.07. The van der Waals surface area contributed by atoms with E-state index in [1.165, 1.54) is 24.0 Å². The molecule has 2 fully saturated rings. The predicted molar refractivity (Wildman–Crippen MR) is 109 cm³/mol. The van der Waals surface area contributed by atoms with Gasteiger partial charge < -0.3 is 9.47 Å². The minimum absolute atomic E-state index is 0.323. The number of fused-ring (bicyclic) bond motifs is 2. The van der Waals surface area contributed by atoms with E-state index in [9.17, 15) is 0 Å². The number of hydrogen-bond donors (Lipinski definition) is 0. The minimum atomic E-state index is 0.323. The van der Waals surface area contributed by atoms with E-state index in [-0.39, 0.29) is 0 Å². The maximum Gasteiger partial charge on any atom is 0.161 e. The summed E-state index contributed by atoms with van der Waals surface area (Å²) in [6.07, 6.45) is 3.88. The number of nitrogens with zero attached hydrogens (tertiary/aromatic N) is 1. The SMILES string of the molecule is CCCOc1cc(C)ccc1O[C@@H]1[C@@H]2CC[C@H]1CN(Cc1ccccc1)C2. The number of ether oxygens (including phenoxy) is 2. The van der Waals surface area contributed by atoms with Crippen LogP contribution in [0.5, 0.6) is 11.5 Å². The second-order valence-corrected chi connectivity index (χ2v) is 8.16. The van der Waals surface area contributed by atoms with Crippen LogP contribution in [0.2, 0.25) is 0 Å². The Morgan fingerprint density at radius 2 is 1.70 bits per heavy atom. The molecule has 3 atom stereocenters. The Kier molecular flexibility index (Phi) is 5.68. The van der Waals surface area contributed by atoms with Gasteiger partial charge in [0.1, 0.15) is 6.10 Å². The molecule has 27 heavy (non-hydrogen) atoms. The van der Waals surface area contributed by atoms with Gasteiger partial charge in [-0.05, 0) is 49.4 Å². The van der Waals surface area contributed by atoms with Crippen LogP contribution in [0.15, 0.2) is 48.5 Å². The van der Waals surface area contributed by atoms with Crippen LogP contribution in [0.25, 0.3) is 0 Å². The summed E-state index contributed by atoms with van der Waals surface area (Å²) in [5.41, 5.74) is 2.62. The van der Waals surface area contributed by atoms with Crippen LogP contribution in [-0.4, -0.2) is 30.7 Å². The molecule has 0 unspecified atom stereocenters. The van der Waals surface area contributed by atoms with Gasteiger partial charge in [0.05, 0.1) is 6.61 Å². The van der Waals surface area contributed by atoms with Gasteiger partial charge in [0.15, 0.2) is 11.5 Å². The fourth-order valence-corrected chi connectivity index (χ4v) is 4.62. The lowest BCUT2D eigenvalue weighted by Crippen LogP contribution is -2.46. The zero-order valence-corrected chi connectivity index (χ0v) is 16.6. The van der Waals surface area contributed by atoms with Crippen LogP contribution in [0, 0.1) is 18.8 Å². The molecule has 2 aromatic rings. The summed E-state index contributed by atoms with van der Waals surface area (Å²) in [6, 6.07) is 17.1. The van der Waals surface area contributed by atoms with E-state index in [1.807, 2.05) is 0 Å². The van der Waals surface area contributed by atoms with Gasteiger partial charge in [-0.1, -0.05) is 43.3 Å². The molecular formula is C24H31NO2. The highest BCUT2D eigenvalue weighted by Crippen LogP contribution is 2.41. The van der Waals surface area contributed by atoms with Crippen molar-refractivity contribution in [2.75, 3.05) is 19.7 Å². The topological polar surface area (TPSA) is 21.7 Å². The smallest absolute Gasteiger partial charge is 0.161 e. The van der Waals surface area contributed by atoms with Gasteiger partial charge in [-0.15, -0.1) is 0 Å². The van der Waals surface area contributed by atoms with E-state index in [1.54, 1.807) is 0 Å². The summed E-state index contributed by atoms with van der Waals surface area (Å²) >= 11 is 0. The van der Waals surface area contributed by atoms with Gasteiger partial charge in [-0.3, -0.25) is 4.90 Å². The number of piperidine rings is 1. The Morgan fingerprint density at radius 1 is 0.963 bits per heavy atom. The fraction of sp³-hybridized carbons (Fsp3) is 0.500. The number of rotatable bonds is 7. The van der Waals surface area contributed by atoms with Crippen molar-refractivity contribution >= 4 is 0 Å². The average Bonchev–Trinajstić information content (AvgIpc) is 2.91. The summed E-state index contributed by atoms with van der Waals surface area (Å²) in [7, 11) is 0. The molecule has 0 N–H and O–H groups in total. The third-order valence-corrected chi connectivity index (χ3v) is 5.90. The van der Waals surface area contributed by atoms with E-state index in [0.717, 1.165) is 44.2 Å². The molecule has 2 aliphatic rings. The van der Waals surface area contributed by atoms with Gasteiger partial charge in [0, 0.05) is 31.5 Å². The molecule has 1 heterocycles. The van der Waals surface area contributed by atoms with Crippen molar-refractivity contribution in [3.8, 4) is 11.5 Å². The third kappa shape index (κ3) is 4.30. The highest BCUT2D eigenvalue weighted by Gasteiger charge is 2.43. The van der Waals surface area contributed by atoms with Crippen LogP contribution >= 0.6 is 0 Å². The quantitative estimate of drug-likeness (QED) is 0.683. The lowest BCUT2D eigenvalue weighted by atomic mass is 9.94. The Labute approximate surface area is 163 Å². The first-order valence-corrected chi connectivity index (χ1v) is 10.4. The Balaban J connectivity index is 1.43. The molecule has 3 nitrogen and oxygen atoms in total. The molecule has 1 aliphatic carbocycles. The Hall–Kier alpha value is -2.00. The first-order chi connectivity index (χ1) is 13.2. The summed E-state index contributed by atoms with van der Waals surface area (Å²) in [5, 5.41) is 0. The standard InChI is InChI=1S/C24H31NO2/c1-3-13-26-23-14-18(2)9-12-22(23)27-24-20-10-11-21(24)17-25(16-20)15-19-7-5-4-6-8-19/h4-9,12,14,20-21,24H,3,10-11,13,15-17H2,1-2H3/t20-,21+,24-. The van der Waals surface area contributed by atoms with Crippen molar-refractivity contribution in [2.24, 2.45) is 11.8 Å². The molecule has 2 aromatic carbocycles. The molecule has 1 saturated heterocycles. The second kappa shape index (κ2) is 8.35. The van der Waals surface area contributed by atoms with Crippen molar-refractivity contribution in [2.45, 2.75) is 45.8 Å². The van der Waals surface area contributed by atoms with Gasteiger partial charge in [0.25, 0.3) is 0 Å². The molecule has 3 heteroatoms. The molecule has 1 saturated carbocycles. The second-order valence-electron chi connectivity index (χ2n) is 8.16. The molecule has 4 rings (SSSR count). The molecule has 0 radical (unpaired) electrons. The molecule has 2 bridgehead atoms. The maximum absolute atomic E-state index is 6.57. The predicted octanol–water partition coefficient (Wildman–Crippen LogP) is 5.07. The summed E-state index contributed by atoms with van der Waals surface area (Å²) in [4.78, 5) is 2.61. The lowest BCUT2D eigenvalue weighted by molar-refractivity contribution is 0.0289.